The summed E-state index contributed by atoms with van der Waals surface area (Å²) in [5, 5.41) is 4.03. The normalized spacial score (nSPS) is 12.7. The van der Waals surface area contributed by atoms with E-state index in [9.17, 15) is 4.21 Å². The summed E-state index contributed by atoms with van der Waals surface area (Å²) < 4.78 is 12.2. The minimum absolute atomic E-state index is 0.522. The quantitative estimate of drug-likeness (QED) is 0.551. The van der Waals surface area contributed by atoms with Gasteiger partial charge in [0.15, 0.2) is 5.96 Å². The first-order chi connectivity index (χ1) is 12.6. The molecule has 0 radical (unpaired) electrons. The molecule has 0 saturated heterocycles. The second-order valence-corrected chi connectivity index (χ2v) is 7.94. The maximum absolute atomic E-state index is 12.2. The van der Waals surface area contributed by atoms with E-state index in [0.29, 0.717) is 24.6 Å². The Kier molecular flexibility index (Phi) is 8.65. The molecule has 140 valence electrons. The van der Waals surface area contributed by atoms with E-state index in [1.807, 2.05) is 73.5 Å². The third-order valence-corrected chi connectivity index (χ3v) is 5.47. The third-order valence-electron chi connectivity index (χ3n) is 3.81. The van der Waals surface area contributed by atoms with Crippen LogP contribution in [-0.2, 0) is 23.1 Å². The molecule has 1 unspecified atom stereocenters. The Balaban J connectivity index is 1.91. The molecule has 0 bridgehead atoms. The van der Waals surface area contributed by atoms with Crippen molar-refractivity contribution in [2.24, 2.45) is 4.99 Å². The van der Waals surface area contributed by atoms with Crippen LogP contribution in [0.25, 0.3) is 0 Å². The summed E-state index contributed by atoms with van der Waals surface area (Å²) in [5.74, 6) is 1.91. The second kappa shape index (κ2) is 11.0. The molecule has 0 amide bonds. The fraction of sp³-hybridized carbons (Fsp3) is 0.350. The van der Waals surface area contributed by atoms with Gasteiger partial charge in [0, 0.05) is 47.5 Å². The van der Waals surface area contributed by atoms with Gasteiger partial charge in [0.05, 0.1) is 6.54 Å². The van der Waals surface area contributed by atoms with Crippen LogP contribution in [0.4, 0.5) is 0 Å². The fourth-order valence-corrected chi connectivity index (χ4v) is 3.71. The number of aliphatic imine (C=N–C) groups is 1. The zero-order valence-electron chi connectivity index (χ0n) is 15.3. The van der Waals surface area contributed by atoms with Crippen LogP contribution in [0.15, 0.2) is 59.6 Å². The van der Waals surface area contributed by atoms with Crippen LogP contribution in [0.1, 0.15) is 18.1 Å². The fourth-order valence-electron chi connectivity index (χ4n) is 2.51. The van der Waals surface area contributed by atoms with E-state index < -0.39 is 10.8 Å². The van der Waals surface area contributed by atoms with Gasteiger partial charge in [-0.05, 0) is 24.1 Å². The molecule has 0 heterocycles. The summed E-state index contributed by atoms with van der Waals surface area (Å²) in [7, 11) is 1.06. The average Bonchev–Trinajstić information content (AvgIpc) is 2.63. The Morgan fingerprint density at radius 1 is 1.15 bits per heavy atom. The lowest BCUT2D eigenvalue weighted by atomic mass is 10.2. The third kappa shape index (κ3) is 6.81. The predicted octanol–water partition coefficient (Wildman–Crippen LogP) is 3.69. The van der Waals surface area contributed by atoms with Crippen molar-refractivity contribution in [3.05, 3.63) is 70.7 Å². The summed E-state index contributed by atoms with van der Waals surface area (Å²) in [5.41, 5.74) is 2.15. The first-order valence-corrected chi connectivity index (χ1v) is 10.6. The first-order valence-electron chi connectivity index (χ1n) is 8.72. The number of rotatable bonds is 8. The Morgan fingerprint density at radius 2 is 1.85 bits per heavy atom. The Bertz CT molecular complexity index is 737. The van der Waals surface area contributed by atoms with Gasteiger partial charge in [-0.25, -0.2) is 0 Å². The number of nitrogens with one attached hydrogen (secondary N) is 1. The minimum atomic E-state index is -0.921. The summed E-state index contributed by atoms with van der Waals surface area (Å²) in [4.78, 5) is 6.65. The van der Waals surface area contributed by atoms with Crippen molar-refractivity contribution < 1.29 is 4.21 Å². The molecule has 0 spiro atoms. The summed E-state index contributed by atoms with van der Waals surface area (Å²) in [6.07, 6.45) is 0. The molecule has 0 fully saturated rings. The topological polar surface area (TPSA) is 44.7 Å². The SMILES string of the molecule is CCNC(=NCCS(=O)Cc1ccccc1)N(C)Cc1ccccc1Cl. The monoisotopic (exact) mass is 391 g/mol. The maximum Gasteiger partial charge on any atom is 0.193 e. The van der Waals surface area contributed by atoms with Gasteiger partial charge in [0.2, 0.25) is 0 Å². The van der Waals surface area contributed by atoms with Crippen molar-refractivity contribution in [3.63, 3.8) is 0 Å². The second-order valence-electron chi connectivity index (χ2n) is 5.96. The van der Waals surface area contributed by atoms with Crippen LogP contribution < -0.4 is 5.32 Å². The molecule has 4 nitrogen and oxygen atoms in total. The molecule has 2 rings (SSSR count). The van der Waals surface area contributed by atoms with Crippen LogP contribution in [0.3, 0.4) is 0 Å². The van der Waals surface area contributed by atoms with Crippen LogP contribution in [0.5, 0.6) is 0 Å². The maximum atomic E-state index is 12.2. The van der Waals surface area contributed by atoms with Crippen molar-refractivity contribution >= 4 is 28.4 Å². The zero-order chi connectivity index (χ0) is 18.8. The standard InChI is InChI=1S/C20H26ClN3OS/c1-3-22-20(24(2)15-18-11-7-8-12-19(18)21)23-13-14-26(25)16-17-9-5-4-6-10-17/h4-12H,3,13-16H2,1-2H3,(H,22,23). The van der Waals surface area contributed by atoms with Gasteiger partial charge >= 0.3 is 0 Å². The Morgan fingerprint density at radius 3 is 2.54 bits per heavy atom. The van der Waals surface area contributed by atoms with E-state index in [-0.39, 0.29) is 0 Å². The molecule has 0 aliphatic rings. The van der Waals surface area contributed by atoms with E-state index in [1.165, 1.54) is 0 Å². The number of guanidine groups is 1. The summed E-state index contributed by atoms with van der Waals surface area (Å²) in [6.45, 7) is 4.00. The molecule has 1 N–H and O–H groups in total. The summed E-state index contributed by atoms with van der Waals surface area (Å²) >= 11 is 6.25. The van der Waals surface area contributed by atoms with Gasteiger partial charge in [-0.15, -0.1) is 0 Å². The van der Waals surface area contributed by atoms with Crippen molar-refractivity contribution in [1.29, 1.82) is 0 Å². The molecule has 0 aromatic heterocycles. The molecular formula is C20H26ClN3OS. The lowest BCUT2D eigenvalue weighted by Crippen LogP contribution is -2.38. The van der Waals surface area contributed by atoms with Crippen LogP contribution in [0, 0.1) is 0 Å². The molecule has 0 saturated carbocycles. The van der Waals surface area contributed by atoms with Crippen LogP contribution in [-0.4, -0.2) is 41.0 Å². The van der Waals surface area contributed by atoms with E-state index in [4.69, 9.17) is 11.6 Å². The molecule has 0 aliphatic carbocycles. The highest BCUT2D eigenvalue weighted by Crippen LogP contribution is 2.16. The van der Waals surface area contributed by atoms with Crippen molar-refractivity contribution in [1.82, 2.24) is 10.2 Å². The van der Waals surface area contributed by atoms with Crippen LogP contribution >= 0.6 is 11.6 Å². The van der Waals surface area contributed by atoms with Crippen molar-refractivity contribution in [3.8, 4) is 0 Å². The Labute approximate surface area is 163 Å². The van der Waals surface area contributed by atoms with E-state index in [1.54, 1.807) is 0 Å². The van der Waals surface area contributed by atoms with Gasteiger partial charge in [0.25, 0.3) is 0 Å². The van der Waals surface area contributed by atoms with Crippen LogP contribution in [0.2, 0.25) is 5.02 Å². The molecule has 2 aromatic carbocycles. The van der Waals surface area contributed by atoms with Gasteiger partial charge in [0.1, 0.15) is 0 Å². The average molecular weight is 392 g/mol. The van der Waals surface area contributed by atoms with Gasteiger partial charge in [-0.2, -0.15) is 0 Å². The molecule has 2 aromatic rings. The Hall–Kier alpha value is -1.85. The number of halogens is 1. The molecule has 0 aliphatic heterocycles. The number of benzene rings is 2. The zero-order valence-corrected chi connectivity index (χ0v) is 16.9. The van der Waals surface area contributed by atoms with Gasteiger partial charge < -0.3 is 10.2 Å². The highest BCUT2D eigenvalue weighted by atomic mass is 35.5. The predicted molar refractivity (Wildman–Crippen MR) is 112 cm³/mol. The molecular weight excluding hydrogens is 366 g/mol. The minimum Gasteiger partial charge on any atom is -0.357 e. The van der Waals surface area contributed by atoms with E-state index in [0.717, 1.165) is 28.7 Å². The smallest absolute Gasteiger partial charge is 0.193 e. The number of hydrogen-bond donors (Lipinski definition) is 1. The van der Waals surface area contributed by atoms with E-state index in [2.05, 4.69) is 10.3 Å². The number of nitrogens with zero attached hydrogens (tertiary/aromatic N) is 2. The van der Waals surface area contributed by atoms with Crippen molar-refractivity contribution in [2.75, 3.05) is 25.9 Å². The highest BCUT2D eigenvalue weighted by Gasteiger charge is 2.09. The molecule has 1 atom stereocenters. The largest absolute Gasteiger partial charge is 0.357 e. The number of hydrogen-bond acceptors (Lipinski definition) is 2. The van der Waals surface area contributed by atoms with Crippen molar-refractivity contribution in [2.45, 2.75) is 19.2 Å². The summed E-state index contributed by atoms with van der Waals surface area (Å²) in [6, 6.07) is 17.7. The van der Waals surface area contributed by atoms with E-state index >= 15 is 0 Å². The highest BCUT2D eigenvalue weighted by molar-refractivity contribution is 7.84. The van der Waals surface area contributed by atoms with Gasteiger partial charge in [-0.1, -0.05) is 60.1 Å². The molecule has 6 heteroatoms. The van der Waals surface area contributed by atoms with Gasteiger partial charge in [-0.3, -0.25) is 9.20 Å². The first kappa shape index (κ1) is 20.5. The molecule has 26 heavy (non-hydrogen) atoms. The lowest BCUT2D eigenvalue weighted by molar-refractivity contribution is 0.477. The lowest BCUT2D eigenvalue weighted by Gasteiger charge is -2.22.